The molecule has 100 valence electrons. The summed E-state index contributed by atoms with van der Waals surface area (Å²) < 4.78 is 0. The maximum Gasteiger partial charge on any atom is 0.152 e. The molecule has 0 aromatic heterocycles. The van der Waals surface area contributed by atoms with Crippen LogP contribution in [0.2, 0.25) is 10.0 Å². The van der Waals surface area contributed by atoms with Crippen molar-refractivity contribution in [3.05, 3.63) is 22.2 Å². The van der Waals surface area contributed by atoms with Crippen LogP contribution in [0, 0.1) is 5.41 Å². The molecule has 1 aliphatic carbocycles. The zero-order chi connectivity index (χ0) is 13.3. The highest BCUT2D eigenvalue weighted by molar-refractivity contribution is 6.37. The normalized spacial score (nSPS) is 19.8. The Hall–Kier alpha value is -0.600. The van der Waals surface area contributed by atoms with Gasteiger partial charge in [-0.3, -0.25) is 0 Å². The fraction of sp³-hybridized carbons (Fsp3) is 0.571. The summed E-state index contributed by atoms with van der Waals surface area (Å²) in [6.45, 7) is 4.63. The molecule has 4 heteroatoms. The van der Waals surface area contributed by atoms with Crippen molar-refractivity contribution < 1.29 is 5.11 Å². The molecule has 1 aromatic rings. The zero-order valence-corrected chi connectivity index (χ0v) is 12.3. The highest BCUT2D eigenvalue weighted by Gasteiger charge is 2.26. The molecule has 0 radical (unpaired) electrons. The summed E-state index contributed by atoms with van der Waals surface area (Å²) in [7, 11) is 0. The third-order valence-electron chi connectivity index (χ3n) is 3.73. The monoisotopic (exact) mass is 287 g/mol. The van der Waals surface area contributed by atoms with Gasteiger partial charge in [0.15, 0.2) is 5.75 Å². The first-order valence-electron chi connectivity index (χ1n) is 6.32. The summed E-state index contributed by atoms with van der Waals surface area (Å²) >= 11 is 11.8. The fourth-order valence-electron chi connectivity index (χ4n) is 2.43. The number of halogens is 2. The maximum absolute atomic E-state index is 9.51. The minimum Gasteiger partial charge on any atom is -0.505 e. The van der Waals surface area contributed by atoms with E-state index in [1.807, 2.05) is 0 Å². The summed E-state index contributed by atoms with van der Waals surface area (Å²) in [6, 6.07) is 3.92. The van der Waals surface area contributed by atoms with Crippen LogP contribution in [0.1, 0.15) is 39.5 Å². The third kappa shape index (κ3) is 3.24. The van der Waals surface area contributed by atoms with E-state index in [0.29, 0.717) is 21.5 Å². The predicted molar refractivity (Wildman–Crippen MR) is 77.8 cm³/mol. The summed E-state index contributed by atoms with van der Waals surface area (Å²) in [5, 5.41) is 13.5. The number of hydrogen-bond donors (Lipinski definition) is 2. The maximum atomic E-state index is 9.51. The number of anilines is 1. The van der Waals surface area contributed by atoms with Crippen LogP contribution in [-0.2, 0) is 0 Å². The van der Waals surface area contributed by atoms with E-state index in [2.05, 4.69) is 19.2 Å². The highest BCUT2D eigenvalue weighted by atomic mass is 35.5. The van der Waals surface area contributed by atoms with E-state index in [-0.39, 0.29) is 5.75 Å². The summed E-state index contributed by atoms with van der Waals surface area (Å²) in [5.74, 6) is -0.0475. The Morgan fingerprint density at radius 3 is 2.17 bits per heavy atom. The van der Waals surface area contributed by atoms with E-state index in [0.717, 1.165) is 18.5 Å². The van der Waals surface area contributed by atoms with Crippen molar-refractivity contribution in [3.8, 4) is 5.75 Å². The number of benzene rings is 1. The molecule has 0 atom stereocenters. The highest BCUT2D eigenvalue weighted by Crippen LogP contribution is 2.38. The second-order valence-corrected chi connectivity index (χ2v) is 6.69. The topological polar surface area (TPSA) is 32.3 Å². The van der Waals surface area contributed by atoms with Crippen molar-refractivity contribution in [2.45, 2.75) is 45.6 Å². The van der Waals surface area contributed by atoms with Crippen molar-refractivity contribution in [2.24, 2.45) is 5.41 Å². The molecule has 1 fully saturated rings. The Bertz CT molecular complexity index is 412. The molecule has 2 rings (SSSR count). The molecule has 1 aromatic carbocycles. The van der Waals surface area contributed by atoms with Crippen LogP contribution in [0.3, 0.4) is 0 Å². The number of aromatic hydroxyl groups is 1. The molecule has 2 nitrogen and oxygen atoms in total. The first kappa shape index (κ1) is 13.8. The van der Waals surface area contributed by atoms with E-state index in [1.54, 1.807) is 12.1 Å². The van der Waals surface area contributed by atoms with Crippen LogP contribution in [0.4, 0.5) is 5.69 Å². The van der Waals surface area contributed by atoms with Gasteiger partial charge in [0, 0.05) is 11.7 Å². The largest absolute Gasteiger partial charge is 0.505 e. The van der Waals surface area contributed by atoms with Gasteiger partial charge >= 0.3 is 0 Å². The molecule has 0 unspecified atom stereocenters. The molecule has 0 aliphatic heterocycles. The lowest BCUT2D eigenvalue weighted by Gasteiger charge is -2.35. The Kier molecular flexibility index (Phi) is 3.98. The number of nitrogens with one attached hydrogen (secondary N) is 1. The van der Waals surface area contributed by atoms with Crippen LogP contribution in [0.25, 0.3) is 0 Å². The van der Waals surface area contributed by atoms with Crippen LogP contribution >= 0.6 is 23.2 Å². The van der Waals surface area contributed by atoms with Gasteiger partial charge in [-0.1, -0.05) is 37.0 Å². The Labute approximate surface area is 118 Å². The van der Waals surface area contributed by atoms with Gasteiger partial charge in [0.05, 0.1) is 10.0 Å². The first-order valence-corrected chi connectivity index (χ1v) is 7.07. The molecule has 0 amide bonds. The van der Waals surface area contributed by atoms with Crippen LogP contribution < -0.4 is 5.32 Å². The molecule has 0 saturated heterocycles. The van der Waals surface area contributed by atoms with Gasteiger partial charge in [0.25, 0.3) is 0 Å². The average molecular weight is 288 g/mol. The lowest BCUT2D eigenvalue weighted by atomic mass is 9.75. The van der Waals surface area contributed by atoms with Crippen molar-refractivity contribution >= 4 is 28.9 Å². The van der Waals surface area contributed by atoms with E-state index in [9.17, 15) is 5.11 Å². The van der Waals surface area contributed by atoms with Gasteiger partial charge in [0.1, 0.15) is 0 Å². The van der Waals surface area contributed by atoms with Crippen LogP contribution in [-0.4, -0.2) is 11.1 Å². The molecular formula is C14H19Cl2NO. The minimum absolute atomic E-state index is 0.0475. The van der Waals surface area contributed by atoms with Crippen LogP contribution in [0.5, 0.6) is 5.75 Å². The molecular weight excluding hydrogens is 269 g/mol. The molecule has 1 aliphatic rings. The number of hydrogen-bond acceptors (Lipinski definition) is 2. The van der Waals surface area contributed by atoms with Gasteiger partial charge in [-0.2, -0.15) is 0 Å². The first-order chi connectivity index (χ1) is 8.37. The lowest BCUT2D eigenvalue weighted by molar-refractivity contribution is 0.232. The number of rotatable bonds is 2. The fourth-order valence-corrected chi connectivity index (χ4v) is 2.92. The SMILES string of the molecule is CC1(C)CCC(Nc2cc(Cl)c(O)c(Cl)c2)CC1. The van der Waals surface area contributed by atoms with E-state index in [4.69, 9.17) is 23.2 Å². The average Bonchev–Trinajstić information content (AvgIpc) is 2.29. The second-order valence-electron chi connectivity index (χ2n) is 5.87. The Morgan fingerprint density at radius 1 is 1.17 bits per heavy atom. The van der Waals surface area contributed by atoms with Gasteiger partial charge in [0.2, 0.25) is 0 Å². The summed E-state index contributed by atoms with van der Waals surface area (Å²) in [6.07, 6.45) is 4.76. The minimum atomic E-state index is -0.0475. The van der Waals surface area contributed by atoms with Crippen LogP contribution in [0.15, 0.2) is 12.1 Å². The van der Waals surface area contributed by atoms with Gasteiger partial charge in [-0.05, 0) is 43.2 Å². The Balaban J connectivity index is 2.03. The summed E-state index contributed by atoms with van der Waals surface area (Å²) in [5.41, 5.74) is 1.34. The number of phenols is 1. The number of phenolic OH excluding ortho intramolecular Hbond substituents is 1. The molecule has 0 heterocycles. The lowest BCUT2D eigenvalue weighted by Crippen LogP contribution is -2.29. The standard InChI is InChI=1S/C14H19Cl2NO/c1-14(2)5-3-9(4-6-14)17-10-7-11(15)13(18)12(16)8-10/h7-9,17-18H,3-6H2,1-2H3. The van der Waals surface area contributed by atoms with Gasteiger partial charge in [-0.15, -0.1) is 0 Å². The van der Waals surface area contributed by atoms with E-state index >= 15 is 0 Å². The molecule has 1 saturated carbocycles. The quantitative estimate of drug-likeness (QED) is 0.744. The molecule has 0 bridgehead atoms. The summed E-state index contributed by atoms with van der Waals surface area (Å²) in [4.78, 5) is 0. The Morgan fingerprint density at radius 2 is 1.67 bits per heavy atom. The van der Waals surface area contributed by atoms with Gasteiger partial charge < -0.3 is 10.4 Å². The van der Waals surface area contributed by atoms with Gasteiger partial charge in [-0.25, -0.2) is 0 Å². The van der Waals surface area contributed by atoms with E-state index in [1.165, 1.54) is 12.8 Å². The van der Waals surface area contributed by atoms with Crippen molar-refractivity contribution in [1.82, 2.24) is 0 Å². The zero-order valence-electron chi connectivity index (χ0n) is 10.8. The van der Waals surface area contributed by atoms with Crippen molar-refractivity contribution in [2.75, 3.05) is 5.32 Å². The smallest absolute Gasteiger partial charge is 0.152 e. The molecule has 18 heavy (non-hydrogen) atoms. The predicted octanol–water partition coefficient (Wildman–Crippen LogP) is 5.08. The second kappa shape index (κ2) is 5.18. The van der Waals surface area contributed by atoms with Crippen molar-refractivity contribution in [3.63, 3.8) is 0 Å². The van der Waals surface area contributed by atoms with Crippen molar-refractivity contribution in [1.29, 1.82) is 0 Å². The molecule has 0 spiro atoms. The molecule has 2 N–H and O–H groups in total. The van der Waals surface area contributed by atoms with E-state index < -0.39 is 0 Å². The third-order valence-corrected chi connectivity index (χ3v) is 4.30.